The van der Waals surface area contributed by atoms with Crippen molar-refractivity contribution in [3.8, 4) is 11.3 Å². The van der Waals surface area contributed by atoms with Crippen molar-refractivity contribution in [2.75, 3.05) is 5.32 Å². The highest BCUT2D eigenvalue weighted by atomic mass is 16.3. The van der Waals surface area contributed by atoms with Gasteiger partial charge in [0.2, 0.25) is 0 Å². The summed E-state index contributed by atoms with van der Waals surface area (Å²) in [6.07, 6.45) is 5.20. The minimum absolute atomic E-state index is 0.135. The standard InChI is InChI=1S/C22H25N7O2/c1-14(15-7-5-4-6-8-15)25-21(30)26-19-9-18-17(11-23-19)20(28-27-18)16-10-24-29(12-16)13-22(2,3)31/h4-12,14,31H,13H2,1-3H3,(H,27,28)(H2,23,25,26,30). The first-order valence-electron chi connectivity index (χ1n) is 10.0. The molecule has 0 radical (unpaired) electrons. The topological polar surface area (TPSA) is 121 Å². The highest BCUT2D eigenvalue weighted by Gasteiger charge is 2.17. The lowest BCUT2D eigenvalue weighted by atomic mass is 10.1. The van der Waals surface area contributed by atoms with E-state index in [1.54, 1.807) is 37.0 Å². The van der Waals surface area contributed by atoms with Gasteiger partial charge in [0.05, 0.1) is 29.9 Å². The van der Waals surface area contributed by atoms with Gasteiger partial charge in [0, 0.05) is 29.4 Å². The van der Waals surface area contributed by atoms with Crippen LogP contribution >= 0.6 is 0 Å². The molecule has 9 heteroatoms. The maximum Gasteiger partial charge on any atom is 0.320 e. The van der Waals surface area contributed by atoms with Crippen molar-refractivity contribution in [1.29, 1.82) is 0 Å². The molecule has 160 valence electrons. The maximum atomic E-state index is 12.4. The van der Waals surface area contributed by atoms with Crippen LogP contribution in [-0.4, -0.2) is 41.7 Å². The van der Waals surface area contributed by atoms with Crippen molar-refractivity contribution < 1.29 is 9.90 Å². The molecule has 3 aromatic heterocycles. The zero-order chi connectivity index (χ0) is 22.0. The van der Waals surface area contributed by atoms with Gasteiger partial charge in [0.15, 0.2) is 0 Å². The van der Waals surface area contributed by atoms with Crippen LogP contribution in [0.3, 0.4) is 0 Å². The van der Waals surface area contributed by atoms with Gasteiger partial charge in [-0.05, 0) is 26.3 Å². The fourth-order valence-corrected chi connectivity index (χ4v) is 3.34. The van der Waals surface area contributed by atoms with E-state index in [-0.39, 0.29) is 12.1 Å². The second-order valence-corrected chi connectivity index (χ2v) is 8.16. The summed E-state index contributed by atoms with van der Waals surface area (Å²) in [4.78, 5) is 16.7. The number of aliphatic hydroxyl groups is 1. The lowest BCUT2D eigenvalue weighted by Gasteiger charge is -2.16. The van der Waals surface area contributed by atoms with E-state index in [1.807, 2.05) is 43.5 Å². The van der Waals surface area contributed by atoms with Gasteiger partial charge in [0.25, 0.3) is 0 Å². The molecule has 4 N–H and O–H groups in total. The number of hydrogen-bond donors (Lipinski definition) is 4. The Labute approximate surface area is 179 Å². The van der Waals surface area contributed by atoms with Crippen LogP contribution in [-0.2, 0) is 6.54 Å². The quantitative estimate of drug-likeness (QED) is 0.381. The SMILES string of the molecule is CC(NC(=O)Nc1cc2[nH]nc(-c3cnn(CC(C)(C)O)c3)c2cn1)c1ccccc1. The minimum Gasteiger partial charge on any atom is -0.389 e. The Morgan fingerprint density at radius 1 is 1.26 bits per heavy atom. The highest BCUT2D eigenvalue weighted by Crippen LogP contribution is 2.27. The van der Waals surface area contributed by atoms with Crippen LogP contribution in [0.25, 0.3) is 22.2 Å². The number of fused-ring (bicyclic) bond motifs is 1. The Bertz CT molecular complexity index is 1190. The maximum absolute atomic E-state index is 12.4. The average Bonchev–Trinajstić information content (AvgIpc) is 3.33. The first-order valence-corrected chi connectivity index (χ1v) is 10.0. The smallest absolute Gasteiger partial charge is 0.320 e. The summed E-state index contributed by atoms with van der Waals surface area (Å²) < 4.78 is 1.68. The Morgan fingerprint density at radius 3 is 2.77 bits per heavy atom. The van der Waals surface area contributed by atoms with Gasteiger partial charge >= 0.3 is 6.03 Å². The predicted octanol–water partition coefficient (Wildman–Crippen LogP) is 3.48. The third kappa shape index (κ3) is 4.89. The number of hydrogen-bond acceptors (Lipinski definition) is 5. The Hall–Kier alpha value is -3.72. The van der Waals surface area contributed by atoms with E-state index in [1.165, 1.54) is 0 Å². The first-order chi connectivity index (χ1) is 14.8. The molecule has 0 aliphatic rings. The van der Waals surface area contributed by atoms with Crippen molar-refractivity contribution in [1.82, 2.24) is 30.3 Å². The van der Waals surface area contributed by atoms with Gasteiger partial charge in [-0.2, -0.15) is 10.2 Å². The molecule has 3 heterocycles. The average molecular weight is 419 g/mol. The van der Waals surface area contributed by atoms with E-state index in [0.717, 1.165) is 22.0 Å². The third-order valence-corrected chi connectivity index (χ3v) is 4.79. The lowest BCUT2D eigenvalue weighted by Crippen LogP contribution is -2.31. The van der Waals surface area contributed by atoms with Crippen LogP contribution in [0.5, 0.6) is 0 Å². The molecule has 0 saturated carbocycles. The fraction of sp³-hybridized carbons (Fsp3) is 0.273. The van der Waals surface area contributed by atoms with Gasteiger partial charge in [-0.25, -0.2) is 9.78 Å². The van der Waals surface area contributed by atoms with Crippen LogP contribution in [0.2, 0.25) is 0 Å². The van der Waals surface area contributed by atoms with Crippen molar-refractivity contribution in [2.45, 2.75) is 39.0 Å². The molecule has 0 spiro atoms. The van der Waals surface area contributed by atoms with Gasteiger partial charge in [0.1, 0.15) is 11.5 Å². The number of H-pyrrole nitrogens is 1. The predicted molar refractivity (Wildman–Crippen MR) is 118 cm³/mol. The normalized spacial score (nSPS) is 12.6. The Morgan fingerprint density at radius 2 is 2.03 bits per heavy atom. The summed E-state index contributed by atoms with van der Waals surface area (Å²) in [5.41, 5.74) is 2.42. The van der Waals surface area contributed by atoms with Crippen LogP contribution < -0.4 is 10.6 Å². The van der Waals surface area contributed by atoms with E-state index in [2.05, 4.69) is 30.9 Å². The van der Waals surface area contributed by atoms with E-state index >= 15 is 0 Å². The highest BCUT2D eigenvalue weighted by molar-refractivity contribution is 5.95. The third-order valence-electron chi connectivity index (χ3n) is 4.79. The zero-order valence-corrected chi connectivity index (χ0v) is 17.6. The number of nitrogens with zero attached hydrogens (tertiary/aromatic N) is 4. The summed E-state index contributed by atoms with van der Waals surface area (Å²) in [6.45, 7) is 5.75. The van der Waals surface area contributed by atoms with Crippen LogP contribution in [0.15, 0.2) is 55.0 Å². The van der Waals surface area contributed by atoms with Gasteiger partial charge < -0.3 is 10.4 Å². The number of carbonyl (C=O) groups is 1. The van der Waals surface area contributed by atoms with Gasteiger partial charge in [-0.15, -0.1) is 0 Å². The number of amides is 2. The van der Waals surface area contributed by atoms with Crippen LogP contribution in [0, 0.1) is 0 Å². The van der Waals surface area contributed by atoms with Crippen LogP contribution in [0.4, 0.5) is 10.6 Å². The van der Waals surface area contributed by atoms with Crippen LogP contribution in [0.1, 0.15) is 32.4 Å². The minimum atomic E-state index is -0.863. The second kappa shape index (κ2) is 8.19. The molecule has 0 aliphatic heterocycles. The van der Waals surface area contributed by atoms with E-state index in [4.69, 9.17) is 0 Å². The molecule has 9 nitrogen and oxygen atoms in total. The molecule has 0 bridgehead atoms. The molecular weight excluding hydrogens is 394 g/mol. The Kier molecular flexibility index (Phi) is 5.43. The van der Waals surface area contributed by atoms with E-state index in [9.17, 15) is 9.90 Å². The number of aromatic amines is 1. The number of anilines is 1. The molecule has 0 aliphatic carbocycles. The van der Waals surface area contributed by atoms with Crippen molar-refractivity contribution in [3.05, 3.63) is 60.6 Å². The van der Waals surface area contributed by atoms with Crippen molar-refractivity contribution in [3.63, 3.8) is 0 Å². The molecule has 4 rings (SSSR count). The first kappa shape index (κ1) is 20.5. The molecule has 1 aromatic carbocycles. The summed E-state index contributed by atoms with van der Waals surface area (Å²) >= 11 is 0. The second-order valence-electron chi connectivity index (χ2n) is 8.16. The number of benzene rings is 1. The molecule has 4 aromatic rings. The molecule has 0 saturated heterocycles. The largest absolute Gasteiger partial charge is 0.389 e. The Balaban J connectivity index is 1.47. The molecule has 0 fully saturated rings. The fourth-order valence-electron chi connectivity index (χ4n) is 3.34. The van der Waals surface area contributed by atoms with Crippen molar-refractivity contribution in [2.24, 2.45) is 0 Å². The number of urea groups is 1. The summed E-state index contributed by atoms with van der Waals surface area (Å²) in [7, 11) is 0. The number of aromatic nitrogens is 5. The monoisotopic (exact) mass is 419 g/mol. The molecule has 31 heavy (non-hydrogen) atoms. The summed E-state index contributed by atoms with van der Waals surface area (Å²) in [5.74, 6) is 0.415. The molecule has 1 atom stereocenters. The number of carbonyl (C=O) groups excluding carboxylic acids is 1. The number of nitrogens with one attached hydrogen (secondary N) is 3. The van der Waals surface area contributed by atoms with E-state index < -0.39 is 5.60 Å². The van der Waals surface area contributed by atoms with Gasteiger partial charge in [-0.1, -0.05) is 30.3 Å². The zero-order valence-electron chi connectivity index (χ0n) is 17.6. The summed E-state index contributed by atoms with van der Waals surface area (Å²) in [6, 6.07) is 11.0. The van der Waals surface area contributed by atoms with E-state index in [0.29, 0.717) is 18.1 Å². The number of rotatable bonds is 6. The molecule has 2 amide bonds. The van der Waals surface area contributed by atoms with Crippen molar-refractivity contribution >= 4 is 22.8 Å². The molecular formula is C22H25N7O2. The van der Waals surface area contributed by atoms with Gasteiger partial charge in [-0.3, -0.25) is 15.1 Å². The number of pyridine rings is 1. The lowest BCUT2D eigenvalue weighted by molar-refractivity contribution is 0.0577. The summed E-state index contributed by atoms with van der Waals surface area (Å²) in [5, 5.41) is 28.1. The molecule has 1 unspecified atom stereocenters.